The van der Waals surface area contributed by atoms with Gasteiger partial charge >= 0.3 is 6.18 Å². The predicted octanol–water partition coefficient (Wildman–Crippen LogP) is 6.79. The number of carbonyl (C=O) groups excluding carboxylic acids is 2. The van der Waals surface area contributed by atoms with Crippen molar-refractivity contribution < 1.29 is 22.8 Å². The summed E-state index contributed by atoms with van der Waals surface area (Å²) >= 11 is 1.60. The van der Waals surface area contributed by atoms with E-state index in [9.17, 15) is 22.8 Å². The highest BCUT2D eigenvalue weighted by Crippen LogP contribution is 2.30. The second-order valence-electron chi connectivity index (χ2n) is 9.03. The molecule has 0 N–H and O–H groups in total. The van der Waals surface area contributed by atoms with Crippen LogP contribution in [0.5, 0.6) is 0 Å². The molecular formula is C28H31F3N2O2S. The highest BCUT2D eigenvalue weighted by Gasteiger charge is 2.32. The molecule has 1 heterocycles. The number of halogens is 3. The van der Waals surface area contributed by atoms with Crippen molar-refractivity contribution in [2.24, 2.45) is 5.92 Å². The molecule has 2 aromatic carbocycles. The van der Waals surface area contributed by atoms with Crippen molar-refractivity contribution in [2.45, 2.75) is 46.5 Å². The molecule has 8 heteroatoms. The molecule has 192 valence electrons. The summed E-state index contributed by atoms with van der Waals surface area (Å²) in [5.41, 5.74) is -0.0110. The van der Waals surface area contributed by atoms with Crippen LogP contribution in [0.4, 0.5) is 13.2 Å². The van der Waals surface area contributed by atoms with E-state index in [0.717, 1.165) is 33.9 Å². The molecule has 0 aliphatic carbocycles. The number of thiophene rings is 1. The smallest absolute Gasteiger partial charge is 0.332 e. The van der Waals surface area contributed by atoms with Crippen molar-refractivity contribution >= 4 is 23.2 Å². The maximum Gasteiger partial charge on any atom is 0.416 e. The lowest BCUT2D eigenvalue weighted by Gasteiger charge is -2.29. The number of hydrogen-bond acceptors (Lipinski definition) is 3. The Bertz CT molecular complexity index is 1160. The number of carbonyl (C=O) groups is 2. The van der Waals surface area contributed by atoms with E-state index in [-0.39, 0.29) is 30.5 Å². The third-order valence-corrected chi connectivity index (χ3v) is 6.98. The number of alkyl halides is 3. The zero-order valence-corrected chi connectivity index (χ0v) is 21.5. The van der Waals surface area contributed by atoms with Gasteiger partial charge in [-0.1, -0.05) is 56.7 Å². The van der Waals surface area contributed by atoms with Crippen LogP contribution in [0.2, 0.25) is 0 Å². The van der Waals surface area contributed by atoms with Crippen molar-refractivity contribution in [3.8, 4) is 0 Å². The van der Waals surface area contributed by atoms with E-state index in [1.165, 1.54) is 17.0 Å². The van der Waals surface area contributed by atoms with Gasteiger partial charge in [-0.2, -0.15) is 13.2 Å². The fourth-order valence-electron chi connectivity index (χ4n) is 3.79. The SMILES string of the molecule is CCC(C)CN(CC(=O)N(Cc1ccccc1)Cc1ccc(C)s1)C(=O)c1cccc(C(F)(F)F)c1. The average Bonchev–Trinajstić information content (AvgIpc) is 3.27. The first-order chi connectivity index (χ1) is 17.1. The molecule has 0 saturated heterocycles. The molecule has 0 aliphatic rings. The van der Waals surface area contributed by atoms with Gasteiger partial charge in [0.15, 0.2) is 0 Å². The van der Waals surface area contributed by atoms with Gasteiger partial charge in [-0.15, -0.1) is 11.3 Å². The molecule has 0 saturated carbocycles. The second-order valence-corrected chi connectivity index (χ2v) is 10.4. The predicted molar refractivity (Wildman–Crippen MR) is 137 cm³/mol. The largest absolute Gasteiger partial charge is 0.416 e. The summed E-state index contributed by atoms with van der Waals surface area (Å²) in [4.78, 5) is 32.1. The Hall–Kier alpha value is -3.13. The van der Waals surface area contributed by atoms with Crippen LogP contribution in [0, 0.1) is 12.8 Å². The number of aryl methyl sites for hydroxylation is 1. The van der Waals surface area contributed by atoms with Gasteiger partial charge in [-0.3, -0.25) is 9.59 Å². The molecule has 1 aromatic heterocycles. The van der Waals surface area contributed by atoms with E-state index in [0.29, 0.717) is 13.1 Å². The molecule has 0 spiro atoms. The fraction of sp³-hybridized carbons (Fsp3) is 0.357. The lowest BCUT2D eigenvalue weighted by atomic mass is 10.1. The summed E-state index contributed by atoms with van der Waals surface area (Å²) in [7, 11) is 0. The van der Waals surface area contributed by atoms with Crippen LogP contribution in [-0.4, -0.2) is 34.7 Å². The van der Waals surface area contributed by atoms with Crippen LogP contribution in [0.3, 0.4) is 0 Å². The highest BCUT2D eigenvalue weighted by molar-refractivity contribution is 7.11. The molecule has 4 nitrogen and oxygen atoms in total. The molecule has 3 aromatic rings. The number of amides is 2. The minimum atomic E-state index is -4.56. The van der Waals surface area contributed by atoms with Crippen molar-refractivity contribution in [2.75, 3.05) is 13.1 Å². The quantitative estimate of drug-likeness (QED) is 0.298. The third kappa shape index (κ3) is 7.68. The van der Waals surface area contributed by atoms with Gasteiger partial charge in [0.1, 0.15) is 6.54 Å². The molecular weight excluding hydrogens is 485 g/mol. The molecule has 0 aliphatic heterocycles. The molecule has 0 fully saturated rings. The van der Waals surface area contributed by atoms with Gasteiger partial charge in [-0.25, -0.2) is 0 Å². The molecule has 3 rings (SSSR count). The van der Waals surface area contributed by atoms with Crippen LogP contribution >= 0.6 is 11.3 Å². The van der Waals surface area contributed by atoms with E-state index in [1.807, 2.05) is 63.2 Å². The van der Waals surface area contributed by atoms with E-state index in [4.69, 9.17) is 0 Å². The lowest BCUT2D eigenvalue weighted by molar-refractivity contribution is -0.137. The fourth-order valence-corrected chi connectivity index (χ4v) is 4.70. The molecule has 1 atom stereocenters. The Morgan fingerprint density at radius 2 is 1.67 bits per heavy atom. The second kappa shape index (κ2) is 12.2. The van der Waals surface area contributed by atoms with Gasteiger partial charge in [0.2, 0.25) is 5.91 Å². The van der Waals surface area contributed by atoms with Crippen molar-refractivity contribution in [1.82, 2.24) is 9.80 Å². The van der Waals surface area contributed by atoms with Crippen molar-refractivity contribution in [1.29, 1.82) is 0 Å². The summed E-state index contributed by atoms with van der Waals surface area (Å²) in [5, 5.41) is 0. The topological polar surface area (TPSA) is 40.6 Å². The van der Waals surface area contributed by atoms with E-state index in [2.05, 4.69) is 0 Å². The summed E-state index contributed by atoms with van der Waals surface area (Å²) in [5.74, 6) is -0.759. The highest BCUT2D eigenvalue weighted by atomic mass is 32.1. The first-order valence-corrected chi connectivity index (χ1v) is 12.7. The number of rotatable bonds is 10. The summed E-state index contributed by atoms with van der Waals surface area (Å²) in [6.45, 7) is 6.74. The van der Waals surface area contributed by atoms with Crippen LogP contribution in [0.15, 0.2) is 66.7 Å². The van der Waals surface area contributed by atoms with E-state index < -0.39 is 17.6 Å². The zero-order chi connectivity index (χ0) is 26.3. The molecule has 0 bridgehead atoms. The monoisotopic (exact) mass is 516 g/mol. The standard InChI is InChI=1S/C28H31F3N2O2S/c1-4-20(2)16-33(27(35)23-11-8-12-24(15-23)28(29,30)31)19-26(34)32(17-22-9-6-5-7-10-22)18-25-14-13-21(3)36-25/h5-15,20H,4,16-19H2,1-3H3. The average molecular weight is 517 g/mol. The maximum absolute atomic E-state index is 13.6. The first-order valence-electron chi connectivity index (χ1n) is 11.9. The van der Waals surface area contributed by atoms with Crippen LogP contribution in [0.25, 0.3) is 0 Å². The van der Waals surface area contributed by atoms with Gasteiger partial charge in [0, 0.05) is 28.4 Å². The summed E-state index contributed by atoms with van der Waals surface area (Å²) < 4.78 is 39.7. The third-order valence-electron chi connectivity index (χ3n) is 5.99. The van der Waals surface area contributed by atoms with Crippen LogP contribution < -0.4 is 0 Å². The molecule has 36 heavy (non-hydrogen) atoms. The zero-order valence-electron chi connectivity index (χ0n) is 20.7. The first kappa shape index (κ1) is 27.5. The van der Waals surface area contributed by atoms with Gasteiger partial charge in [0.25, 0.3) is 5.91 Å². The van der Waals surface area contributed by atoms with E-state index in [1.54, 1.807) is 16.2 Å². The lowest BCUT2D eigenvalue weighted by Crippen LogP contribution is -2.44. The van der Waals surface area contributed by atoms with Crippen LogP contribution in [-0.2, 0) is 24.1 Å². The normalized spacial score (nSPS) is 12.3. The Kier molecular flexibility index (Phi) is 9.31. The Balaban J connectivity index is 1.86. The Morgan fingerprint density at radius 3 is 2.28 bits per heavy atom. The molecule has 2 amide bonds. The summed E-state index contributed by atoms with van der Waals surface area (Å²) in [6.07, 6.45) is -3.79. The van der Waals surface area contributed by atoms with E-state index >= 15 is 0 Å². The van der Waals surface area contributed by atoms with Crippen LogP contribution in [0.1, 0.15) is 51.5 Å². The Labute approximate surface area is 214 Å². The van der Waals surface area contributed by atoms with Crippen molar-refractivity contribution in [3.63, 3.8) is 0 Å². The number of benzene rings is 2. The molecule has 1 unspecified atom stereocenters. The van der Waals surface area contributed by atoms with Gasteiger partial charge in [0.05, 0.1) is 12.1 Å². The van der Waals surface area contributed by atoms with Crippen molar-refractivity contribution in [3.05, 3.63) is 93.2 Å². The maximum atomic E-state index is 13.6. The minimum Gasteiger partial charge on any atom is -0.332 e. The Morgan fingerprint density at radius 1 is 0.944 bits per heavy atom. The number of hydrogen-bond donors (Lipinski definition) is 0. The molecule has 0 radical (unpaired) electrons. The van der Waals surface area contributed by atoms with Gasteiger partial charge < -0.3 is 9.80 Å². The summed E-state index contributed by atoms with van der Waals surface area (Å²) in [6, 6.07) is 17.9. The number of nitrogens with zero attached hydrogens (tertiary/aromatic N) is 2. The minimum absolute atomic E-state index is 0.0788. The van der Waals surface area contributed by atoms with Gasteiger partial charge in [-0.05, 0) is 48.7 Å².